The first kappa shape index (κ1) is 26.5. The van der Waals surface area contributed by atoms with Gasteiger partial charge in [0.1, 0.15) is 17.1 Å². The third-order valence-electron chi connectivity index (χ3n) is 5.30. The Hall–Kier alpha value is -3.09. The van der Waals surface area contributed by atoms with Gasteiger partial charge in [-0.2, -0.15) is 0 Å². The van der Waals surface area contributed by atoms with Crippen molar-refractivity contribution in [2.45, 2.75) is 84.2 Å². The highest BCUT2D eigenvalue weighted by Gasteiger charge is 2.72. The lowest BCUT2D eigenvalue weighted by atomic mass is 9.68. The van der Waals surface area contributed by atoms with Crippen molar-refractivity contribution in [1.82, 2.24) is 4.90 Å². The number of carbonyl (C=O) groups is 3. The second kappa shape index (κ2) is 9.88. The molecule has 0 aliphatic carbocycles. The number of β-lactam (4-membered cyclic amide) rings is 1. The summed E-state index contributed by atoms with van der Waals surface area (Å²) in [4.78, 5) is 39.8. The molecule has 3 rings (SSSR count). The van der Waals surface area contributed by atoms with Crippen LogP contribution in [0.25, 0.3) is 0 Å². The van der Waals surface area contributed by atoms with Crippen LogP contribution in [0.15, 0.2) is 30.3 Å². The van der Waals surface area contributed by atoms with Crippen LogP contribution < -0.4 is 0 Å². The minimum absolute atomic E-state index is 0.0690. The van der Waals surface area contributed by atoms with Gasteiger partial charge in [-0.3, -0.25) is 4.79 Å². The lowest BCUT2D eigenvalue weighted by molar-refractivity contribution is -0.283. The van der Waals surface area contributed by atoms with E-state index in [4.69, 9.17) is 23.7 Å². The summed E-state index contributed by atoms with van der Waals surface area (Å²) in [6.45, 7) is 11.8. The normalized spacial score (nSPS) is 26.0. The molecular weight excluding hydrogens is 454 g/mol. The van der Waals surface area contributed by atoms with Gasteiger partial charge in [0.2, 0.25) is 5.91 Å². The van der Waals surface area contributed by atoms with Gasteiger partial charge >= 0.3 is 12.2 Å². The van der Waals surface area contributed by atoms with E-state index >= 15 is 0 Å². The number of ether oxygens (including phenoxy) is 5. The van der Waals surface area contributed by atoms with Gasteiger partial charge < -0.3 is 23.7 Å². The van der Waals surface area contributed by atoms with Crippen molar-refractivity contribution in [1.29, 1.82) is 0 Å². The lowest BCUT2D eigenvalue weighted by Crippen LogP contribution is -2.82. The minimum atomic E-state index is -1.54. The molecular formula is C26H33NO8. The van der Waals surface area contributed by atoms with E-state index < -0.39 is 53.2 Å². The first-order valence-electron chi connectivity index (χ1n) is 11.5. The molecule has 9 nitrogen and oxygen atoms in total. The van der Waals surface area contributed by atoms with Crippen LogP contribution in [0.2, 0.25) is 0 Å². The number of likely N-dealkylation sites (tertiary alicyclic amines) is 1. The molecule has 1 aromatic rings. The topological polar surface area (TPSA) is 101 Å². The fourth-order valence-corrected chi connectivity index (χ4v) is 4.00. The molecule has 0 spiro atoms. The van der Waals surface area contributed by atoms with Crippen LogP contribution in [0.1, 0.15) is 54.0 Å². The number of hydrogen-bond acceptors (Lipinski definition) is 8. The maximum Gasteiger partial charge on any atom is 0.509 e. The standard InChI is InChI=1S/C26H33NO8/c1-8-14-26-18(20(28)27(26)22(29)34-24(2,3)4)16-32-21(31-15-17-12-10-9-11-13-17)19(26)33-23(30)35-25(5,6)7/h9-13,18-19,21H,15-16H2,1-7H3/t18-,19+,21-,26+/m1/s1. The highest BCUT2D eigenvalue weighted by Crippen LogP contribution is 2.48. The summed E-state index contributed by atoms with van der Waals surface area (Å²) in [5.74, 6) is 4.35. The first-order chi connectivity index (χ1) is 16.3. The second-order valence-corrected chi connectivity index (χ2v) is 10.4. The minimum Gasteiger partial charge on any atom is -0.443 e. The molecule has 4 atom stereocenters. The highest BCUT2D eigenvalue weighted by atomic mass is 16.8. The van der Waals surface area contributed by atoms with Crippen molar-refractivity contribution in [2.24, 2.45) is 5.92 Å². The maximum atomic E-state index is 13.1. The van der Waals surface area contributed by atoms with Gasteiger partial charge in [-0.15, -0.1) is 5.92 Å². The van der Waals surface area contributed by atoms with Gasteiger partial charge in [0.15, 0.2) is 17.9 Å². The van der Waals surface area contributed by atoms with E-state index in [9.17, 15) is 14.4 Å². The Morgan fingerprint density at radius 3 is 2.29 bits per heavy atom. The summed E-state index contributed by atoms with van der Waals surface area (Å²) in [5, 5.41) is 0. The van der Waals surface area contributed by atoms with Crippen LogP contribution >= 0.6 is 0 Å². The molecule has 0 aromatic heterocycles. The average Bonchev–Trinajstić information content (AvgIpc) is 2.72. The number of hydrogen-bond donors (Lipinski definition) is 0. The third kappa shape index (κ3) is 5.77. The molecule has 2 fully saturated rings. The molecule has 0 radical (unpaired) electrons. The van der Waals surface area contributed by atoms with E-state index in [1.165, 1.54) is 0 Å². The van der Waals surface area contributed by atoms with Crippen molar-refractivity contribution in [3.05, 3.63) is 35.9 Å². The van der Waals surface area contributed by atoms with Crippen molar-refractivity contribution in [2.75, 3.05) is 6.61 Å². The van der Waals surface area contributed by atoms with E-state index in [0.717, 1.165) is 10.5 Å². The smallest absolute Gasteiger partial charge is 0.443 e. The predicted molar refractivity (Wildman–Crippen MR) is 125 cm³/mol. The Morgan fingerprint density at radius 2 is 1.71 bits per heavy atom. The van der Waals surface area contributed by atoms with E-state index in [1.54, 1.807) is 48.5 Å². The summed E-state index contributed by atoms with van der Waals surface area (Å²) in [6, 6.07) is 9.35. The first-order valence-corrected chi connectivity index (χ1v) is 11.5. The highest BCUT2D eigenvalue weighted by molar-refractivity contribution is 6.03. The van der Waals surface area contributed by atoms with E-state index in [1.807, 2.05) is 30.3 Å². The monoisotopic (exact) mass is 487 g/mol. The Bertz CT molecular complexity index is 1010. The zero-order valence-corrected chi connectivity index (χ0v) is 21.2. The molecule has 2 amide bonds. The van der Waals surface area contributed by atoms with Gasteiger partial charge in [0.25, 0.3) is 0 Å². The molecule has 2 aliphatic rings. The molecule has 0 unspecified atom stereocenters. The molecule has 2 saturated heterocycles. The fourth-order valence-electron chi connectivity index (χ4n) is 4.00. The lowest BCUT2D eigenvalue weighted by Gasteiger charge is -2.58. The zero-order valence-electron chi connectivity index (χ0n) is 21.2. The summed E-state index contributed by atoms with van der Waals surface area (Å²) in [6.07, 6.45) is -4.29. The molecule has 35 heavy (non-hydrogen) atoms. The average molecular weight is 488 g/mol. The number of amides is 2. The number of imide groups is 1. The van der Waals surface area contributed by atoms with Crippen LogP contribution in [-0.4, -0.2) is 58.8 Å². The van der Waals surface area contributed by atoms with Crippen molar-refractivity contribution < 1.29 is 38.1 Å². The molecule has 190 valence electrons. The Labute approximate surface area is 206 Å². The Balaban J connectivity index is 1.98. The largest absolute Gasteiger partial charge is 0.509 e. The molecule has 0 N–H and O–H groups in total. The van der Waals surface area contributed by atoms with Gasteiger partial charge in [0, 0.05) is 0 Å². The SMILES string of the molecule is CC#C[C@]12[C@H](CO[C@@H](OCc3ccccc3)[C@@H]1OC(=O)OC(C)(C)C)C(=O)N2C(=O)OC(C)(C)C. The quantitative estimate of drug-likeness (QED) is 0.356. The van der Waals surface area contributed by atoms with Crippen LogP contribution in [0.5, 0.6) is 0 Å². The number of nitrogens with zero attached hydrogens (tertiary/aromatic N) is 1. The van der Waals surface area contributed by atoms with Gasteiger partial charge in [-0.05, 0) is 54.0 Å². The summed E-state index contributed by atoms with van der Waals surface area (Å²) < 4.78 is 28.3. The van der Waals surface area contributed by atoms with Crippen LogP contribution in [0.4, 0.5) is 9.59 Å². The van der Waals surface area contributed by atoms with E-state index in [-0.39, 0.29) is 13.2 Å². The molecule has 2 heterocycles. The molecule has 0 saturated carbocycles. The van der Waals surface area contributed by atoms with E-state index in [2.05, 4.69) is 11.8 Å². The van der Waals surface area contributed by atoms with Crippen LogP contribution in [-0.2, 0) is 35.1 Å². The van der Waals surface area contributed by atoms with Crippen molar-refractivity contribution in [3.63, 3.8) is 0 Å². The molecule has 0 bridgehead atoms. The Morgan fingerprint density at radius 1 is 1.09 bits per heavy atom. The molecule has 1 aromatic carbocycles. The number of rotatable bonds is 4. The second-order valence-electron chi connectivity index (χ2n) is 10.4. The van der Waals surface area contributed by atoms with Crippen LogP contribution in [0, 0.1) is 17.8 Å². The van der Waals surface area contributed by atoms with E-state index in [0.29, 0.717) is 0 Å². The van der Waals surface area contributed by atoms with Gasteiger partial charge in [0.05, 0.1) is 13.2 Å². The fraction of sp³-hybridized carbons (Fsp3) is 0.577. The number of fused-ring (bicyclic) bond motifs is 1. The Kier molecular flexibility index (Phi) is 7.48. The third-order valence-corrected chi connectivity index (χ3v) is 5.30. The number of benzene rings is 1. The molecule has 9 heteroatoms. The zero-order chi connectivity index (χ0) is 26.0. The maximum absolute atomic E-state index is 13.1. The van der Waals surface area contributed by atoms with Crippen molar-refractivity contribution >= 4 is 18.2 Å². The summed E-state index contributed by atoms with van der Waals surface area (Å²) in [7, 11) is 0. The predicted octanol–water partition coefficient (Wildman–Crippen LogP) is 4.04. The summed E-state index contributed by atoms with van der Waals surface area (Å²) in [5.41, 5.74) is -2.38. The summed E-state index contributed by atoms with van der Waals surface area (Å²) >= 11 is 0. The van der Waals surface area contributed by atoms with Gasteiger partial charge in [-0.1, -0.05) is 36.3 Å². The van der Waals surface area contributed by atoms with Crippen LogP contribution in [0.3, 0.4) is 0 Å². The van der Waals surface area contributed by atoms with Crippen molar-refractivity contribution in [3.8, 4) is 11.8 Å². The van der Waals surface area contributed by atoms with Gasteiger partial charge in [-0.25, -0.2) is 14.5 Å². The number of carbonyl (C=O) groups excluding carboxylic acids is 3. The molecule has 2 aliphatic heterocycles.